The minimum Gasteiger partial charge on any atom is -0.396 e. The van der Waals surface area contributed by atoms with Crippen molar-refractivity contribution in [3.8, 4) is 6.07 Å². The van der Waals surface area contributed by atoms with Crippen molar-refractivity contribution in [2.24, 2.45) is 0 Å². The first-order valence-corrected chi connectivity index (χ1v) is 12.9. The van der Waals surface area contributed by atoms with E-state index in [0.29, 0.717) is 47.9 Å². The van der Waals surface area contributed by atoms with Crippen LogP contribution in [-0.2, 0) is 18.5 Å². The molecule has 0 spiro atoms. The standard InChI is InChI=1S/C28H32BClN4O3/c29-28(37,23-8-9-24(18-36)32-16-23)19-33-11-12-34(26-10-5-20(2-1-13-35)14-25(26)30)27(17-33)22-6-3-21(15-31)4-7-22/h3-10,14,16,27,35-37H,1-2,11-13,17-19,29H2/t27-,28+/m0/s1. The fourth-order valence-corrected chi connectivity index (χ4v) is 5.23. The molecule has 2 atom stereocenters. The Kier molecular flexibility index (Phi) is 8.85. The Morgan fingerprint density at radius 3 is 2.51 bits per heavy atom. The number of nitriles is 1. The maximum atomic E-state index is 11.3. The number of halogens is 1. The lowest BCUT2D eigenvalue weighted by molar-refractivity contribution is 0.0641. The summed E-state index contributed by atoms with van der Waals surface area (Å²) in [5.74, 6) is 0. The number of aromatic nitrogens is 1. The molecule has 37 heavy (non-hydrogen) atoms. The van der Waals surface area contributed by atoms with Crippen LogP contribution in [0.15, 0.2) is 60.8 Å². The summed E-state index contributed by atoms with van der Waals surface area (Å²) in [5, 5.41) is 39.7. The third kappa shape index (κ3) is 6.50. The topological polar surface area (TPSA) is 104 Å². The van der Waals surface area contributed by atoms with E-state index < -0.39 is 5.50 Å². The van der Waals surface area contributed by atoms with E-state index in [1.807, 2.05) is 42.5 Å². The highest BCUT2D eigenvalue weighted by atomic mass is 35.5. The van der Waals surface area contributed by atoms with Crippen molar-refractivity contribution in [3.05, 3.63) is 93.8 Å². The van der Waals surface area contributed by atoms with Crippen LogP contribution in [0.5, 0.6) is 0 Å². The summed E-state index contributed by atoms with van der Waals surface area (Å²) >= 11 is 6.76. The summed E-state index contributed by atoms with van der Waals surface area (Å²) in [7, 11) is 1.79. The van der Waals surface area contributed by atoms with Gasteiger partial charge < -0.3 is 20.2 Å². The quantitative estimate of drug-likeness (QED) is 0.374. The Labute approximate surface area is 224 Å². The zero-order chi connectivity index (χ0) is 26.4. The van der Waals surface area contributed by atoms with Crippen molar-refractivity contribution in [2.75, 3.05) is 37.7 Å². The van der Waals surface area contributed by atoms with Gasteiger partial charge in [0.25, 0.3) is 0 Å². The lowest BCUT2D eigenvalue weighted by Crippen LogP contribution is -2.52. The number of aryl methyl sites for hydroxylation is 1. The van der Waals surface area contributed by atoms with Crippen molar-refractivity contribution in [2.45, 2.75) is 31.0 Å². The van der Waals surface area contributed by atoms with Gasteiger partial charge >= 0.3 is 0 Å². The van der Waals surface area contributed by atoms with Crippen molar-refractivity contribution in [1.82, 2.24) is 9.88 Å². The molecule has 9 heteroatoms. The molecule has 0 radical (unpaired) electrons. The fraction of sp³-hybridized carbons (Fsp3) is 0.357. The molecule has 0 bridgehead atoms. The van der Waals surface area contributed by atoms with Crippen molar-refractivity contribution < 1.29 is 15.3 Å². The highest BCUT2D eigenvalue weighted by Crippen LogP contribution is 2.36. The van der Waals surface area contributed by atoms with Gasteiger partial charge in [0.2, 0.25) is 0 Å². The van der Waals surface area contributed by atoms with Gasteiger partial charge in [0.1, 0.15) is 0 Å². The van der Waals surface area contributed by atoms with E-state index in [9.17, 15) is 15.5 Å². The molecular weight excluding hydrogens is 487 g/mol. The number of anilines is 1. The van der Waals surface area contributed by atoms with Crippen LogP contribution in [0.25, 0.3) is 0 Å². The molecule has 2 aromatic carbocycles. The first-order chi connectivity index (χ1) is 17.8. The van der Waals surface area contributed by atoms with Crippen LogP contribution >= 0.6 is 11.6 Å². The molecule has 1 aliphatic rings. The third-order valence-corrected chi connectivity index (χ3v) is 7.28. The maximum Gasteiger partial charge on any atom is 0.150 e. The molecular formula is C28H32BClN4O3. The monoisotopic (exact) mass is 518 g/mol. The van der Waals surface area contributed by atoms with E-state index in [0.717, 1.165) is 29.8 Å². The number of nitrogens with zero attached hydrogens (tertiary/aromatic N) is 4. The van der Waals surface area contributed by atoms with Crippen LogP contribution in [0, 0.1) is 11.3 Å². The molecule has 1 saturated heterocycles. The maximum absolute atomic E-state index is 11.3. The van der Waals surface area contributed by atoms with Crippen LogP contribution < -0.4 is 4.90 Å². The van der Waals surface area contributed by atoms with E-state index in [1.165, 1.54) is 0 Å². The van der Waals surface area contributed by atoms with Crippen LogP contribution in [0.1, 0.15) is 40.4 Å². The van der Waals surface area contributed by atoms with E-state index in [1.54, 1.807) is 20.1 Å². The van der Waals surface area contributed by atoms with Crippen LogP contribution in [0.4, 0.5) is 5.69 Å². The van der Waals surface area contributed by atoms with E-state index in [2.05, 4.69) is 26.9 Å². The Balaban J connectivity index is 1.59. The van der Waals surface area contributed by atoms with Gasteiger partial charge in [-0.2, -0.15) is 5.26 Å². The summed E-state index contributed by atoms with van der Waals surface area (Å²) in [6.07, 6.45) is 3.09. The molecule has 1 aliphatic heterocycles. The van der Waals surface area contributed by atoms with Gasteiger partial charge in [0.15, 0.2) is 7.85 Å². The molecule has 3 N–H and O–H groups in total. The summed E-state index contributed by atoms with van der Waals surface area (Å²) in [6.45, 7) is 2.52. The molecule has 1 fully saturated rings. The molecule has 4 rings (SSSR count). The highest BCUT2D eigenvalue weighted by Gasteiger charge is 2.34. The average molecular weight is 519 g/mol. The molecule has 1 aromatic heterocycles. The molecule has 192 valence electrons. The van der Waals surface area contributed by atoms with Gasteiger partial charge in [-0.15, -0.1) is 0 Å². The second kappa shape index (κ2) is 12.1. The number of piperazine rings is 1. The number of hydrogen-bond acceptors (Lipinski definition) is 7. The average Bonchev–Trinajstić information content (AvgIpc) is 2.92. The van der Waals surface area contributed by atoms with E-state index in [-0.39, 0.29) is 19.3 Å². The molecule has 0 unspecified atom stereocenters. The molecule has 0 amide bonds. The normalized spacial score (nSPS) is 17.8. The van der Waals surface area contributed by atoms with Crippen molar-refractivity contribution >= 4 is 25.1 Å². The summed E-state index contributed by atoms with van der Waals surface area (Å²) in [5.41, 5.74) is 3.85. The first kappa shape index (κ1) is 27.1. The Morgan fingerprint density at radius 2 is 1.89 bits per heavy atom. The number of rotatable bonds is 9. The molecule has 0 aliphatic carbocycles. The van der Waals surface area contributed by atoms with E-state index >= 15 is 0 Å². The van der Waals surface area contributed by atoms with Crippen LogP contribution in [0.2, 0.25) is 5.02 Å². The fourth-order valence-electron chi connectivity index (χ4n) is 4.92. The van der Waals surface area contributed by atoms with Gasteiger partial charge in [-0.05, 0) is 59.9 Å². The number of hydrogen-bond donors (Lipinski definition) is 3. The SMILES string of the molecule is B[C@@](O)(CN1CCN(c2ccc(CCCO)cc2Cl)[C@H](c2ccc(C#N)cc2)C1)c1ccc(CO)nc1. The van der Waals surface area contributed by atoms with Gasteiger partial charge in [-0.1, -0.05) is 35.9 Å². The number of benzene rings is 2. The Morgan fingerprint density at radius 1 is 1.11 bits per heavy atom. The Bertz CT molecular complexity index is 1230. The smallest absolute Gasteiger partial charge is 0.150 e. The Hall–Kier alpha value is -2.93. The number of aliphatic hydroxyl groups excluding tert-OH is 2. The van der Waals surface area contributed by atoms with Crippen molar-refractivity contribution in [3.63, 3.8) is 0 Å². The first-order valence-electron chi connectivity index (χ1n) is 12.5. The third-order valence-electron chi connectivity index (χ3n) is 6.97. The lowest BCUT2D eigenvalue weighted by Gasteiger charge is -2.45. The minimum atomic E-state index is -1.12. The highest BCUT2D eigenvalue weighted by molar-refractivity contribution is 6.33. The summed E-state index contributed by atoms with van der Waals surface area (Å²) in [6, 6.07) is 19.4. The summed E-state index contributed by atoms with van der Waals surface area (Å²) in [4.78, 5) is 8.76. The van der Waals surface area contributed by atoms with Crippen molar-refractivity contribution in [1.29, 1.82) is 5.26 Å². The van der Waals surface area contributed by atoms with Crippen LogP contribution in [0.3, 0.4) is 0 Å². The predicted octanol–water partition coefficient (Wildman–Crippen LogP) is 2.37. The molecule has 3 aromatic rings. The largest absolute Gasteiger partial charge is 0.396 e. The second-order valence-electron chi connectivity index (χ2n) is 9.76. The second-order valence-corrected chi connectivity index (χ2v) is 10.2. The number of β-amino-alcohol motifs (C(OH)–C–C–N with tert-alkyl or cyclic N) is 1. The van der Waals surface area contributed by atoms with Crippen LogP contribution in [-0.4, -0.2) is 65.8 Å². The van der Waals surface area contributed by atoms with E-state index in [4.69, 9.17) is 16.7 Å². The molecule has 7 nitrogen and oxygen atoms in total. The number of pyridine rings is 1. The van der Waals surface area contributed by atoms with Gasteiger partial charge in [0.05, 0.1) is 46.2 Å². The minimum absolute atomic E-state index is 0.0343. The van der Waals surface area contributed by atoms with Gasteiger partial charge in [-0.25, -0.2) is 0 Å². The summed E-state index contributed by atoms with van der Waals surface area (Å²) < 4.78 is 0. The zero-order valence-electron chi connectivity index (χ0n) is 21.0. The number of aliphatic hydroxyl groups is 3. The lowest BCUT2D eigenvalue weighted by atomic mass is 9.75. The molecule has 2 heterocycles. The van der Waals surface area contributed by atoms with Gasteiger partial charge in [0, 0.05) is 39.0 Å². The molecule has 0 saturated carbocycles. The van der Waals surface area contributed by atoms with Gasteiger partial charge in [-0.3, -0.25) is 9.88 Å². The zero-order valence-corrected chi connectivity index (χ0v) is 21.8. The predicted molar refractivity (Wildman–Crippen MR) is 147 cm³/mol.